The molecule has 1 aromatic rings. The maximum absolute atomic E-state index is 11.4. The molecular weight excluding hydrogens is 196 g/mol. The Labute approximate surface area is 86.2 Å². The third-order valence-corrected chi connectivity index (χ3v) is 1.71. The molecule has 6 heteroatoms. The molecular formula is C9H10N4O2. The molecule has 2 N–H and O–H groups in total. The number of benzene rings is 1. The minimum Gasteiger partial charge on any atom is -0.507 e. The number of hydrogen-bond donors (Lipinski definition) is 2. The van der Waals surface area contributed by atoms with E-state index in [1.807, 2.05) is 0 Å². The topological polar surface area (TPSA) is 98.1 Å². The summed E-state index contributed by atoms with van der Waals surface area (Å²) < 4.78 is 0. The van der Waals surface area contributed by atoms with Crippen LogP contribution in [0, 0.1) is 0 Å². The van der Waals surface area contributed by atoms with Gasteiger partial charge in [-0.1, -0.05) is 17.2 Å². The molecule has 0 heterocycles. The van der Waals surface area contributed by atoms with Crippen molar-refractivity contribution in [3.63, 3.8) is 0 Å². The van der Waals surface area contributed by atoms with Crippen LogP contribution in [0.4, 0.5) is 0 Å². The fraction of sp³-hybridized carbons (Fsp3) is 0.222. The first-order valence-electron chi connectivity index (χ1n) is 4.32. The summed E-state index contributed by atoms with van der Waals surface area (Å²) >= 11 is 0. The van der Waals surface area contributed by atoms with Gasteiger partial charge in [0.2, 0.25) is 0 Å². The number of aromatic hydroxyl groups is 1. The van der Waals surface area contributed by atoms with Crippen LogP contribution in [0.5, 0.6) is 5.75 Å². The smallest absolute Gasteiger partial charge is 0.255 e. The number of rotatable bonds is 4. The summed E-state index contributed by atoms with van der Waals surface area (Å²) in [6.07, 6.45) is 0. The Morgan fingerprint density at radius 2 is 2.27 bits per heavy atom. The summed E-state index contributed by atoms with van der Waals surface area (Å²) in [6.45, 7) is 0.438. The van der Waals surface area contributed by atoms with Gasteiger partial charge in [-0.05, 0) is 17.7 Å². The van der Waals surface area contributed by atoms with E-state index in [-0.39, 0.29) is 30.3 Å². The van der Waals surface area contributed by atoms with E-state index in [2.05, 4.69) is 15.3 Å². The Kier molecular flexibility index (Phi) is 4.00. The zero-order valence-electron chi connectivity index (χ0n) is 7.92. The lowest BCUT2D eigenvalue weighted by Gasteiger charge is -2.04. The molecule has 0 atom stereocenters. The first-order chi connectivity index (χ1) is 7.25. The molecule has 0 saturated carbocycles. The number of nitrogens with zero attached hydrogens (tertiary/aromatic N) is 3. The van der Waals surface area contributed by atoms with Crippen molar-refractivity contribution in [3.8, 4) is 5.75 Å². The van der Waals surface area contributed by atoms with Gasteiger partial charge in [0.1, 0.15) is 5.75 Å². The highest BCUT2D eigenvalue weighted by atomic mass is 16.3. The van der Waals surface area contributed by atoms with Gasteiger partial charge in [0, 0.05) is 18.0 Å². The molecule has 15 heavy (non-hydrogen) atoms. The molecule has 6 nitrogen and oxygen atoms in total. The number of carbonyl (C=O) groups excluding carboxylic acids is 1. The molecule has 1 aromatic carbocycles. The molecule has 0 fully saturated rings. The Hall–Kier alpha value is -2.20. The van der Waals surface area contributed by atoms with Crippen molar-refractivity contribution in [2.45, 2.75) is 0 Å². The molecule has 0 radical (unpaired) electrons. The van der Waals surface area contributed by atoms with E-state index in [9.17, 15) is 9.90 Å². The number of para-hydroxylation sites is 1. The van der Waals surface area contributed by atoms with Crippen LogP contribution < -0.4 is 5.32 Å². The maximum atomic E-state index is 11.4. The van der Waals surface area contributed by atoms with Crippen LogP contribution in [0.15, 0.2) is 29.4 Å². The molecule has 1 amide bonds. The van der Waals surface area contributed by atoms with E-state index in [4.69, 9.17) is 5.53 Å². The number of hydrogen-bond acceptors (Lipinski definition) is 3. The Bertz CT molecular complexity index is 399. The summed E-state index contributed by atoms with van der Waals surface area (Å²) in [5.74, 6) is -0.458. The monoisotopic (exact) mass is 206 g/mol. The van der Waals surface area contributed by atoms with Crippen LogP contribution in [-0.4, -0.2) is 24.1 Å². The molecule has 0 aliphatic carbocycles. The van der Waals surface area contributed by atoms with Gasteiger partial charge in [-0.25, -0.2) is 0 Å². The summed E-state index contributed by atoms with van der Waals surface area (Å²) in [4.78, 5) is 14.0. The standard InChI is InChI=1S/C9H10N4O2/c10-13-12-6-5-11-9(15)7-3-1-2-4-8(7)14/h1-4,14H,5-6H2,(H,11,15). The minimum absolute atomic E-state index is 0.0706. The lowest BCUT2D eigenvalue weighted by Crippen LogP contribution is -2.25. The van der Waals surface area contributed by atoms with E-state index in [0.29, 0.717) is 0 Å². The van der Waals surface area contributed by atoms with Crippen LogP contribution in [-0.2, 0) is 0 Å². The van der Waals surface area contributed by atoms with Crippen LogP contribution in [0.25, 0.3) is 10.4 Å². The highest BCUT2D eigenvalue weighted by molar-refractivity contribution is 5.96. The maximum Gasteiger partial charge on any atom is 0.255 e. The minimum atomic E-state index is -0.388. The number of carbonyl (C=O) groups is 1. The van der Waals surface area contributed by atoms with Crippen molar-refractivity contribution in [3.05, 3.63) is 40.3 Å². The highest BCUT2D eigenvalue weighted by Gasteiger charge is 2.08. The first-order valence-corrected chi connectivity index (χ1v) is 4.32. The van der Waals surface area contributed by atoms with Crippen molar-refractivity contribution in [2.24, 2.45) is 5.11 Å². The predicted molar refractivity (Wildman–Crippen MR) is 54.5 cm³/mol. The average Bonchev–Trinajstić information content (AvgIpc) is 2.25. The summed E-state index contributed by atoms with van der Waals surface area (Å²) in [7, 11) is 0. The Balaban J connectivity index is 2.54. The summed E-state index contributed by atoms with van der Waals surface area (Å²) in [6, 6.07) is 6.23. The van der Waals surface area contributed by atoms with Gasteiger partial charge < -0.3 is 10.4 Å². The van der Waals surface area contributed by atoms with E-state index in [1.54, 1.807) is 12.1 Å². The normalized spacial score (nSPS) is 9.07. The van der Waals surface area contributed by atoms with Crippen LogP contribution in [0.3, 0.4) is 0 Å². The van der Waals surface area contributed by atoms with Crippen molar-refractivity contribution >= 4 is 5.91 Å². The summed E-state index contributed by atoms with van der Waals surface area (Å²) in [5, 5.41) is 15.1. The quantitative estimate of drug-likeness (QED) is 0.337. The average molecular weight is 206 g/mol. The van der Waals surface area contributed by atoms with E-state index >= 15 is 0 Å². The van der Waals surface area contributed by atoms with Crippen LogP contribution in [0.2, 0.25) is 0 Å². The zero-order chi connectivity index (χ0) is 11.1. The second-order valence-corrected chi connectivity index (χ2v) is 2.73. The second-order valence-electron chi connectivity index (χ2n) is 2.73. The Morgan fingerprint density at radius 3 is 2.93 bits per heavy atom. The van der Waals surface area contributed by atoms with Crippen molar-refractivity contribution in [1.82, 2.24) is 5.32 Å². The molecule has 0 unspecified atom stereocenters. The van der Waals surface area contributed by atoms with Crippen molar-refractivity contribution in [1.29, 1.82) is 0 Å². The second kappa shape index (κ2) is 5.51. The van der Waals surface area contributed by atoms with E-state index < -0.39 is 0 Å². The van der Waals surface area contributed by atoms with Gasteiger partial charge in [-0.2, -0.15) is 0 Å². The number of phenols is 1. The third kappa shape index (κ3) is 3.21. The van der Waals surface area contributed by atoms with Gasteiger partial charge in [0.15, 0.2) is 0 Å². The van der Waals surface area contributed by atoms with Gasteiger partial charge >= 0.3 is 0 Å². The van der Waals surface area contributed by atoms with Crippen LogP contribution in [0.1, 0.15) is 10.4 Å². The number of amides is 1. The fourth-order valence-electron chi connectivity index (χ4n) is 1.03. The molecule has 0 aliphatic rings. The van der Waals surface area contributed by atoms with Gasteiger partial charge in [-0.15, -0.1) is 0 Å². The third-order valence-electron chi connectivity index (χ3n) is 1.71. The summed E-state index contributed by atoms with van der Waals surface area (Å²) in [5.41, 5.74) is 8.21. The molecule has 1 rings (SSSR count). The highest BCUT2D eigenvalue weighted by Crippen LogP contribution is 2.14. The zero-order valence-corrected chi connectivity index (χ0v) is 7.92. The van der Waals surface area contributed by atoms with Crippen molar-refractivity contribution < 1.29 is 9.90 Å². The van der Waals surface area contributed by atoms with E-state index in [1.165, 1.54) is 12.1 Å². The molecule has 0 spiro atoms. The van der Waals surface area contributed by atoms with Gasteiger partial charge in [0.05, 0.1) is 5.56 Å². The van der Waals surface area contributed by atoms with Crippen molar-refractivity contribution in [2.75, 3.05) is 13.1 Å². The van der Waals surface area contributed by atoms with Gasteiger partial charge in [0.25, 0.3) is 5.91 Å². The molecule has 0 saturated heterocycles. The van der Waals surface area contributed by atoms with Crippen LogP contribution >= 0.6 is 0 Å². The predicted octanol–water partition coefficient (Wildman–Crippen LogP) is 1.43. The number of nitrogens with one attached hydrogen (secondary N) is 1. The largest absolute Gasteiger partial charge is 0.507 e. The Morgan fingerprint density at radius 1 is 1.53 bits per heavy atom. The lowest BCUT2D eigenvalue weighted by atomic mass is 10.2. The number of phenolic OH excluding ortho intramolecular Hbond substituents is 1. The molecule has 0 bridgehead atoms. The fourth-order valence-corrected chi connectivity index (χ4v) is 1.03. The lowest BCUT2D eigenvalue weighted by molar-refractivity contribution is 0.0952. The molecule has 0 aliphatic heterocycles. The SMILES string of the molecule is [N-]=[N+]=NCCNC(=O)c1ccccc1O. The number of azide groups is 1. The van der Waals surface area contributed by atoms with E-state index in [0.717, 1.165) is 0 Å². The van der Waals surface area contributed by atoms with Gasteiger partial charge in [-0.3, -0.25) is 4.79 Å². The molecule has 78 valence electrons. The first kappa shape index (κ1) is 10.9. The molecule has 0 aromatic heterocycles.